The van der Waals surface area contributed by atoms with Gasteiger partial charge in [0, 0.05) is 49.8 Å². The minimum absolute atomic E-state index is 0.0821. The van der Waals surface area contributed by atoms with E-state index in [1.54, 1.807) is 24.5 Å². The second-order valence-electron chi connectivity index (χ2n) is 8.28. The van der Waals surface area contributed by atoms with Crippen molar-refractivity contribution in [3.05, 3.63) is 60.4 Å². The van der Waals surface area contributed by atoms with Gasteiger partial charge >= 0.3 is 0 Å². The Balaban J connectivity index is 1.25. The summed E-state index contributed by atoms with van der Waals surface area (Å²) in [5, 5.41) is 12.7. The van der Waals surface area contributed by atoms with Gasteiger partial charge in [-0.2, -0.15) is 0 Å². The number of carbonyl (C=O) groups excluding carboxylic acids is 2. The van der Waals surface area contributed by atoms with Crippen molar-refractivity contribution < 1.29 is 19.4 Å². The first-order chi connectivity index (χ1) is 15.6. The first kappa shape index (κ1) is 22.2. The summed E-state index contributed by atoms with van der Waals surface area (Å²) in [5.41, 5.74) is 1.70. The number of nitrogens with zero attached hydrogens (tertiary/aromatic N) is 3. The van der Waals surface area contributed by atoms with Gasteiger partial charge in [-0.05, 0) is 37.1 Å². The number of anilines is 1. The van der Waals surface area contributed by atoms with E-state index in [0.29, 0.717) is 37.9 Å². The first-order valence-electron chi connectivity index (χ1n) is 11.2. The molecular weight excluding hydrogens is 408 g/mol. The summed E-state index contributed by atoms with van der Waals surface area (Å²) in [6, 6.07) is 13.2. The maximum Gasteiger partial charge on any atom is 0.251 e. The maximum atomic E-state index is 12.8. The SMILES string of the molecule is O=C(N[C@H]1CC[C@H](CC(=O)N2CCN(c3ccccc3)CC2)O[C@@H]1CO)c1ccncc1. The lowest BCUT2D eigenvalue weighted by molar-refractivity contribution is -0.140. The molecule has 2 amide bonds. The third kappa shape index (κ3) is 5.44. The third-order valence-corrected chi connectivity index (χ3v) is 6.21. The molecule has 0 unspecified atom stereocenters. The average Bonchev–Trinajstić information content (AvgIpc) is 2.86. The van der Waals surface area contributed by atoms with E-state index in [2.05, 4.69) is 27.3 Å². The van der Waals surface area contributed by atoms with E-state index in [1.807, 2.05) is 23.1 Å². The van der Waals surface area contributed by atoms with Crippen LogP contribution in [0.1, 0.15) is 29.6 Å². The van der Waals surface area contributed by atoms with Gasteiger partial charge in [0.25, 0.3) is 5.91 Å². The number of hydrogen-bond donors (Lipinski definition) is 2. The Hall–Kier alpha value is -2.97. The van der Waals surface area contributed by atoms with Gasteiger partial charge in [-0.15, -0.1) is 0 Å². The number of para-hydroxylation sites is 1. The van der Waals surface area contributed by atoms with Crippen molar-refractivity contribution in [3.8, 4) is 0 Å². The van der Waals surface area contributed by atoms with Gasteiger partial charge in [0.05, 0.1) is 25.2 Å². The van der Waals surface area contributed by atoms with Crippen molar-refractivity contribution >= 4 is 17.5 Å². The molecule has 32 heavy (non-hydrogen) atoms. The van der Waals surface area contributed by atoms with Gasteiger partial charge in [0.1, 0.15) is 6.10 Å². The molecule has 170 valence electrons. The molecule has 2 aromatic rings. The maximum absolute atomic E-state index is 12.8. The number of amides is 2. The summed E-state index contributed by atoms with van der Waals surface area (Å²) < 4.78 is 6.00. The lowest BCUT2D eigenvalue weighted by Gasteiger charge is -2.39. The molecule has 3 heterocycles. The highest BCUT2D eigenvalue weighted by molar-refractivity contribution is 5.94. The second-order valence-corrected chi connectivity index (χ2v) is 8.28. The fourth-order valence-electron chi connectivity index (χ4n) is 4.38. The van der Waals surface area contributed by atoms with E-state index in [9.17, 15) is 14.7 Å². The lowest BCUT2D eigenvalue weighted by atomic mass is 9.96. The quantitative estimate of drug-likeness (QED) is 0.709. The summed E-state index contributed by atoms with van der Waals surface area (Å²) in [6.07, 6.45) is 3.97. The summed E-state index contributed by atoms with van der Waals surface area (Å²) in [6.45, 7) is 2.79. The molecule has 2 N–H and O–H groups in total. The molecule has 2 aliphatic rings. The molecule has 1 aromatic heterocycles. The standard InChI is InChI=1S/C24H30N4O4/c29-17-22-21(26-24(31)18-8-10-25-11-9-18)7-6-20(32-22)16-23(30)28-14-12-27(13-15-28)19-4-2-1-3-5-19/h1-5,8-11,20-22,29H,6-7,12-17H2,(H,26,31)/t20-,21+,22-/m1/s1. The van der Waals surface area contributed by atoms with Crippen molar-refractivity contribution in [3.63, 3.8) is 0 Å². The highest BCUT2D eigenvalue weighted by atomic mass is 16.5. The molecule has 0 bridgehead atoms. The van der Waals surface area contributed by atoms with Crippen LogP contribution in [0.5, 0.6) is 0 Å². The summed E-state index contributed by atoms with van der Waals surface area (Å²) in [4.78, 5) is 33.4. The van der Waals surface area contributed by atoms with Crippen LogP contribution in [0.15, 0.2) is 54.9 Å². The number of rotatable bonds is 6. The number of carbonyl (C=O) groups is 2. The number of pyridine rings is 1. The van der Waals surface area contributed by atoms with Crippen LogP contribution in [0.2, 0.25) is 0 Å². The van der Waals surface area contributed by atoms with Crippen molar-refractivity contribution in [1.29, 1.82) is 0 Å². The summed E-state index contributed by atoms with van der Waals surface area (Å²) >= 11 is 0. The lowest BCUT2D eigenvalue weighted by Crippen LogP contribution is -2.52. The Kier molecular flexibility index (Phi) is 7.34. The van der Waals surface area contributed by atoms with Gasteiger partial charge in [-0.1, -0.05) is 18.2 Å². The van der Waals surface area contributed by atoms with E-state index < -0.39 is 6.10 Å². The van der Waals surface area contributed by atoms with Crippen molar-refractivity contribution in [2.75, 3.05) is 37.7 Å². The number of ether oxygens (including phenoxy) is 1. The molecule has 3 atom stereocenters. The molecular formula is C24H30N4O4. The van der Waals surface area contributed by atoms with Crippen LogP contribution in [0.3, 0.4) is 0 Å². The zero-order chi connectivity index (χ0) is 22.3. The number of piperazine rings is 1. The molecule has 1 aromatic carbocycles. The van der Waals surface area contributed by atoms with E-state index in [1.165, 1.54) is 5.69 Å². The molecule has 0 radical (unpaired) electrons. The predicted octanol–water partition coefficient (Wildman–Crippen LogP) is 1.46. The monoisotopic (exact) mass is 438 g/mol. The minimum atomic E-state index is -0.526. The van der Waals surface area contributed by atoms with Crippen LogP contribution < -0.4 is 10.2 Å². The summed E-state index contributed by atoms with van der Waals surface area (Å²) in [5.74, 6) is -0.135. The smallest absolute Gasteiger partial charge is 0.251 e. The average molecular weight is 439 g/mol. The Bertz CT molecular complexity index is 887. The van der Waals surface area contributed by atoms with E-state index in [0.717, 1.165) is 13.1 Å². The zero-order valence-corrected chi connectivity index (χ0v) is 18.1. The highest BCUT2D eigenvalue weighted by Gasteiger charge is 2.34. The van der Waals surface area contributed by atoms with Crippen molar-refractivity contribution in [1.82, 2.24) is 15.2 Å². The molecule has 0 aliphatic carbocycles. The molecule has 0 saturated carbocycles. The number of aromatic nitrogens is 1. The van der Waals surface area contributed by atoms with Gasteiger partial charge in [0.15, 0.2) is 0 Å². The Morgan fingerprint density at radius 3 is 2.44 bits per heavy atom. The molecule has 0 spiro atoms. The van der Waals surface area contributed by atoms with E-state index >= 15 is 0 Å². The largest absolute Gasteiger partial charge is 0.394 e. The number of benzene rings is 1. The van der Waals surface area contributed by atoms with Gasteiger partial charge in [0.2, 0.25) is 5.91 Å². The number of nitrogens with one attached hydrogen (secondary N) is 1. The number of aliphatic hydroxyl groups excluding tert-OH is 1. The van der Waals surface area contributed by atoms with Gasteiger partial charge in [-0.25, -0.2) is 0 Å². The minimum Gasteiger partial charge on any atom is -0.394 e. The van der Waals surface area contributed by atoms with E-state index in [-0.39, 0.29) is 30.6 Å². The van der Waals surface area contributed by atoms with Crippen LogP contribution in [0.4, 0.5) is 5.69 Å². The topological polar surface area (TPSA) is 95.0 Å². The van der Waals surface area contributed by atoms with Crippen molar-refractivity contribution in [2.24, 2.45) is 0 Å². The molecule has 8 nitrogen and oxygen atoms in total. The number of aliphatic hydroxyl groups is 1. The molecule has 2 saturated heterocycles. The van der Waals surface area contributed by atoms with Crippen LogP contribution in [0.25, 0.3) is 0 Å². The highest BCUT2D eigenvalue weighted by Crippen LogP contribution is 2.24. The van der Waals surface area contributed by atoms with Crippen LogP contribution >= 0.6 is 0 Å². The van der Waals surface area contributed by atoms with E-state index in [4.69, 9.17) is 4.74 Å². The molecule has 8 heteroatoms. The Morgan fingerprint density at radius 2 is 1.75 bits per heavy atom. The molecule has 4 rings (SSSR count). The first-order valence-corrected chi connectivity index (χ1v) is 11.2. The zero-order valence-electron chi connectivity index (χ0n) is 18.1. The summed E-state index contributed by atoms with van der Waals surface area (Å²) in [7, 11) is 0. The Labute approximate surface area is 188 Å². The fraction of sp³-hybridized carbons (Fsp3) is 0.458. The van der Waals surface area contributed by atoms with Crippen LogP contribution in [-0.2, 0) is 9.53 Å². The number of hydrogen-bond acceptors (Lipinski definition) is 6. The van der Waals surface area contributed by atoms with Crippen LogP contribution in [-0.4, -0.2) is 77.8 Å². The van der Waals surface area contributed by atoms with Gasteiger partial charge < -0.3 is 25.0 Å². The van der Waals surface area contributed by atoms with Gasteiger partial charge in [-0.3, -0.25) is 14.6 Å². The van der Waals surface area contributed by atoms with Crippen LogP contribution in [0, 0.1) is 0 Å². The third-order valence-electron chi connectivity index (χ3n) is 6.21. The molecule has 2 aliphatic heterocycles. The predicted molar refractivity (Wildman–Crippen MR) is 120 cm³/mol. The Morgan fingerprint density at radius 1 is 1.03 bits per heavy atom. The normalized spacial score (nSPS) is 23.6. The fourth-order valence-corrected chi connectivity index (χ4v) is 4.38. The van der Waals surface area contributed by atoms with Crippen molar-refractivity contribution in [2.45, 2.75) is 37.5 Å². The second kappa shape index (κ2) is 10.6. The molecule has 2 fully saturated rings.